The van der Waals surface area contributed by atoms with Gasteiger partial charge in [-0.25, -0.2) is 36.0 Å². The predicted molar refractivity (Wildman–Crippen MR) is 102 cm³/mol. The molecule has 0 spiro atoms. The van der Waals surface area contributed by atoms with Crippen LogP contribution in [0.25, 0.3) is 0 Å². The second-order valence-corrected chi connectivity index (χ2v) is 7.04. The standard InChI is InChI=1S/C19H13BrF5N3O3/c20-17-18(29)27(9-31-8-10-4-2-1-3-5-10)19(30)28(26-17)7-6-11-12(21)14(23)16(25)15(24)13(11)22/h1-5H,6-9H2. The quantitative estimate of drug-likeness (QED) is 0.281. The van der Waals surface area contributed by atoms with Crippen molar-refractivity contribution in [2.45, 2.75) is 26.3 Å². The highest BCUT2D eigenvalue weighted by Gasteiger charge is 2.25. The van der Waals surface area contributed by atoms with Gasteiger partial charge in [-0.3, -0.25) is 4.79 Å². The van der Waals surface area contributed by atoms with Gasteiger partial charge in [0.1, 0.15) is 6.73 Å². The van der Waals surface area contributed by atoms with Crippen LogP contribution >= 0.6 is 15.9 Å². The molecule has 12 heteroatoms. The molecule has 3 rings (SSSR count). The van der Waals surface area contributed by atoms with Crippen LogP contribution in [0.3, 0.4) is 0 Å². The Labute approximate surface area is 179 Å². The van der Waals surface area contributed by atoms with Crippen LogP contribution in [0.4, 0.5) is 22.0 Å². The molecule has 0 radical (unpaired) electrons. The van der Waals surface area contributed by atoms with Crippen molar-refractivity contribution in [2.24, 2.45) is 0 Å². The first-order valence-electron chi connectivity index (χ1n) is 8.71. The van der Waals surface area contributed by atoms with E-state index in [2.05, 4.69) is 21.0 Å². The Morgan fingerprint density at radius 1 is 0.903 bits per heavy atom. The van der Waals surface area contributed by atoms with Crippen LogP contribution in [0.1, 0.15) is 11.1 Å². The number of ether oxygens (including phenoxy) is 1. The second-order valence-electron chi connectivity index (χ2n) is 6.29. The molecule has 6 nitrogen and oxygen atoms in total. The van der Waals surface area contributed by atoms with E-state index in [9.17, 15) is 31.5 Å². The minimum atomic E-state index is -2.28. The number of hydrogen-bond acceptors (Lipinski definition) is 4. The van der Waals surface area contributed by atoms with E-state index in [-0.39, 0.29) is 11.2 Å². The molecule has 0 aliphatic carbocycles. The van der Waals surface area contributed by atoms with E-state index in [4.69, 9.17) is 4.74 Å². The Kier molecular flexibility index (Phi) is 7.01. The van der Waals surface area contributed by atoms with Crippen LogP contribution in [0.15, 0.2) is 44.5 Å². The normalized spacial score (nSPS) is 11.2. The van der Waals surface area contributed by atoms with Crippen molar-refractivity contribution in [2.75, 3.05) is 0 Å². The zero-order valence-corrected chi connectivity index (χ0v) is 17.1. The van der Waals surface area contributed by atoms with Crippen molar-refractivity contribution in [3.8, 4) is 0 Å². The first-order valence-corrected chi connectivity index (χ1v) is 9.51. The maximum absolute atomic E-state index is 13.8. The Bertz CT molecular complexity index is 1200. The number of halogens is 6. The summed E-state index contributed by atoms with van der Waals surface area (Å²) in [5.41, 5.74) is -2.11. The zero-order chi connectivity index (χ0) is 22.7. The van der Waals surface area contributed by atoms with Crippen molar-refractivity contribution in [1.29, 1.82) is 0 Å². The lowest BCUT2D eigenvalue weighted by atomic mass is 10.1. The number of aryl methyl sites for hydroxylation is 1. The molecule has 0 N–H and O–H groups in total. The molecule has 3 aromatic rings. The SMILES string of the molecule is O=c1c(Br)nn(CCc2c(F)c(F)c(F)c(F)c2F)c(=O)n1COCc1ccccc1. The molecule has 0 fully saturated rings. The summed E-state index contributed by atoms with van der Waals surface area (Å²) in [5.74, 6) is -10.4. The highest BCUT2D eigenvalue weighted by Crippen LogP contribution is 2.23. The molecule has 0 unspecified atom stereocenters. The summed E-state index contributed by atoms with van der Waals surface area (Å²) in [7, 11) is 0. The van der Waals surface area contributed by atoms with Gasteiger partial charge in [0.25, 0.3) is 5.56 Å². The van der Waals surface area contributed by atoms with Crippen molar-refractivity contribution in [3.63, 3.8) is 0 Å². The van der Waals surface area contributed by atoms with E-state index in [0.29, 0.717) is 9.25 Å². The van der Waals surface area contributed by atoms with Crippen LogP contribution < -0.4 is 11.2 Å². The summed E-state index contributed by atoms with van der Waals surface area (Å²) < 4.78 is 74.0. The molecule has 2 aromatic carbocycles. The Morgan fingerprint density at radius 3 is 2.10 bits per heavy atom. The topological polar surface area (TPSA) is 66.1 Å². The fourth-order valence-corrected chi connectivity index (χ4v) is 3.11. The molecular weight excluding hydrogens is 493 g/mol. The third-order valence-electron chi connectivity index (χ3n) is 4.29. The maximum Gasteiger partial charge on any atom is 0.349 e. The summed E-state index contributed by atoms with van der Waals surface area (Å²) in [6.07, 6.45) is -0.742. The summed E-state index contributed by atoms with van der Waals surface area (Å²) in [6.45, 7) is -0.915. The fourth-order valence-electron chi connectivity index (χ4n) is 2.71. The van der Waals surface area contributed by atoms with E-state index < -0.39 is 65.6 Å². The lowest BCUT2D eigenvalue weighted by molar-refractivity contribution is 0.0568. The Morgan fingerprint density at radius 2 is 1.48 bits per heavy atom. The van der Waals surface area contributed by atoms with Gasteiger partial charge in [-0.05, 0) is 27.9 Å². The summed E-state index contributed by atoms with van der Waals surface area (Å²) in [4.78, 5) is 24.7. The molecule has 0 amide bonds. The number of nitrogens with zero attached hydrogens (tertiary/aromatic N) is 3. The Balaban J connectivity index is 1.83. The smallest absolute Gasteiger partial charge is 0.349 e. The monoisotopic (exact) mass is 505 g/mol. The molecular formula is C19H13BrF5N3O3. The van der Waals surface area contributed by atoms with Gasteiger partial charge in [-0.1, -0.05) is 30.3 Å². The van der Waals surface area contributed by atoms with Crippen LogP contribution in [-0.2, 0) is 31.0 Å². The van der Waals surface area contributed by atoms with Gasteiger partial charge < -0.3 is 4.74 Å². The molecule has 0 bridgehead atoms. The van der Waals surface area contributed by atoms with Crippen molar-refractivity contribution >= 4 is 15.9 Å². The average Bonchev–Trinajstić information content (AvgIpc) is 2.77. The lowest BCUT2D eigenvalue weighted by Crippen LogP contribution is -2.42. The average molecular weight is 506 g/mol. The van der Waals surface area contributed by atoms with Gasteiger partial charge in [-0.15, -0.1) is 0 Å². The van der Waals surface area contributed by atoms with E-state index in [1.807, 2.05) is 0 Å². The third-order valence-corrected chi connectivity index (χ3v) is 4.79. The van der Waals surface area contributed by atoms with Crippen LogP contribution in [0, 0.1) is 29.1 Å². The van der Waals surface area contributed by atoms with Gasteiger partial charge in [0, 0.05) is 5.56 Å². The molecule has 0 aliphatic rings. The van der Waals surface area contributed by atoms with Gasteiger partial charge in [0.05, 0.1) is 13.2 Å². The van der Waals surface area contributed by atoms with Crippen LogP contribution in [-0.4, -0.2) is 14.3 Å². The summed E-state index contributed by atoms with van der Waals surface area (Å²) in [6, 6.07) is 8.90. The van der Waals surface area contributed by atoms with Crippen LogP contribution in [0.2, 0.25) is 0 Å². The highest BCUT2D eigenvalue weighted by molar-refractivity contribution is 9.10. The summed E-state index contributed by atoms with van der Waals surface area (Å²) >= 11 is 2.88. The number of rotatable bonds is 7. The molecule has 0 aliphatic heterocycles. The maximum atomic E-state index is 13.8. The number of aromatic nitrogens is 3. The number of hydrogen-bond donors (Lipinski definition) is 0. The molecule has 1 heterocycles. The predicted octanol–water partition coefficient (Wildman–Crippen LogP) is 3.28. The van der Waals surface area contributed by atoms with E-state index in [0.717, 1.165) is 5.56 Å². The highest BCUT2D eigenvalue weighted by atomic mass is 79.9. The molecule has 1 aromatic heterocycles. The van der Waals surface area contributed by atoms with E-state index in [1.165, 1.54) is 0 Å². The van der Waals surface area contributed by atoms with Crippen LogP contribution in [0.5, 0.6) is 0 Å². The first kappa shape index (κ1) is 22.8. The molecule has 0 saturated heterocycles. The van der Waals surface area contributed by atoms with Crippen molar-refractivity contribution < 1.29 is 26.7 Å². The van der Waals surface area contributed by atoms with Crippen molar-refractivity contribution in [1.82, 2.24) is 14.3 Å². The third kappa shape index (κ3) is 4.74. The van der Waals surface area contributed by atoms with E-state index >= 15 is 0 Å². The molecule has 164 valence electrons. The van der Waals surface area contributed by atoms with Gasteiger partial charge in [-0.2, -0.15) is 5.10 Å². The first-order chi connectivity index (χ1) is 14.7. The van der Waals surface area contributed by atoms with Gasteiger partial charge in [0.2, 0.25) is 5.82 Å². The summed E-state index contributed by atoms with van der Waals surface area (Å²) in [5, 5.41) is 3.66. The van der Waals surface area contributed by atoms with Gasteiger partial charge >= 0.3 is 5.69 Å². The minimum Gasteiger partial charge on any atom is -0.356 e. The molecule has 31 heavy (non-hydrogen) atoms. The Hall–Kier alpha value is -2.86. The lowest BCUT2D eigenvalue weighted by Gasteiger charge is -2.12. The van der Waals surface area contributed by atoms with E-state index in [1.54, 1.807) is 30.3 Å². The minimum absolute atomic E-state index is 0.0945. The fraction of sp³-hybridized carbons (Fsp3) is 0.211. The molecule has 0 saturated carbocycles. The second kappa shape index (κ2) is 9.52. The molecule has 0 atom stereocenters. The van der Waals surface area contributed by atoms with Crippen molar-refractivity contribution in [3.05, 3.63) is 96.0 Å². The van der Waals surface area contributed by atoms with Gasteiger partial charge in [0.15, 0.2) is 27.9 Å². The number of benzene rings is 2. The largest absolute Gasteiger partial charge is 0.356 e. The zero-order valence-electron chi connectivity index (χ0n) is 15.5.